The predicted octanol–water partition coefficient (Wildman–Crippen LogP) is 1.19. The highest BCUT2D eigenvalue weighted by Crippen LogP contribution is 2.06. The summed E-state index contributed by atoms with van der Waals surface area (Å²) in [5.74, 6) is -0.264. The highest BCUT2D eigenvalue weighted by Gasteiger charge is 2.10. The largest absolute Gasteiger partial charge is 0.354 e. The third kappa shape index (κ3) is 3.88. The summed E-state index contributed by atoms with van der Waals surface area (Å²) >= 11 is 3.20. The van der Waals surface area contributed by atoms with Crippen molar-refractivity contribution in [2.45, 2.75) is 6.29 Å². The van der Waals surface area contributed by atoms with Gasteiger partial charge in [-0.3, -0.25) is 4.79 Å². The van der Waals surface area contributed by atoms with Gasteiger partial charge in [-0.15, -0.1) is 0 Å². The highest BCUT2D eigenvalue weighted by atomic mass is 79.9. The fraction of sp³-hybridized carbons (Fsp3) is 0.400. The van der Waals surface area contributed by atoms with E-state index in [1.165, 1.54) is 14.2 Å². The van der Waals surface area contributed by atoms with Crippen molar-refractivity contribution in [3.05, 3.63) is 28.5 Å². The van der Waals surface area contributed by atoms with Crippen molar-refractivity contribution in [3.8, 4) is 0 Å². The van der Waals surface area contributed by atoms with Crippen molar-refractivity contribution in [2.24, 2.45) is 0 Å². The minimum atomic E-state index is -0.448. The fourth-order valence-electron chi connectivity index (χ4n) is 1.06. The number of halogens is 1. The van der Waals surface area contributed by atoms with Crippen molar-refractivity contribution in [1.82, 2.24) is 10.3 Å². The monoisotopic (exact) mass is 288 g/mol. The first-order valence-corrected chi connectivity index (χ1v) is 5.43. The smallest absolute Gasteiger partial charge is 0.270 e. The average Bonchev–Trinajstić information content (AvgIpc) is 2.30. The van der Waals surface area contributed by atoms with Crippen LogP contribution < -0.4 is 5.32 Å². The number of hydrogen-bond acceptors (Lipinski definition) is 4. The van der Waals surface area contributed by atoms with Gasteiger partial charge >= 0.3 is 0 Å². The van der Waals surface area contributed by atoms with Gasteiger partial charge in [0.05, 0.1) is 6.54 Å². The van der Waals surface area contributed by atoms with Gasteiger partial charge in [0.25, 0.3) is 5.91 Å². The Bertz CT molecular complexity index is 356. The number of pyridine rings is 1. The first-order valence-electron chi connectivity index (χ1n) is 4.63. The molecule has 16 heavy (non-hydrogen) atoms. The van der Waals surface area contributed by atoms with Crippen molar-refractivity contribution >= 4 is 21.8 Å². The molecule has 0 spiro atoms. The Hall–Kier alpha value is -0.980. The molecule has 0 fully saturated rings. The van der Waals surface area contributed by atoms with E-state index in [0.29, 0.717) is 10.3 Å². The lowest BCUT2D eigenvalue weighted by atomic mass is 10.3. The van der Waals surface area contributed by atoms with E-state index in [9.17, 15) is 4.79 Å². The minimum Gasteiger partial charge on any atom is -0.354 e. The second kappa shape index (κ2) is 6.57. The van der Waals surface area contributed by atoms with Gasteiger partial charge in [-0.25, -0.2) is 4.98 Å². The second-order valence-corrected chi connectivity index (χ2v) is 3.77. The molecule has 0 unspecified atom stereocenters. The topological polar surface area (TPSA) is 60.5 Å². The molecule has 1 rings (SSSR count). The molecule has 1 amide bonds. The Kier molecular flexibility index (Phi) is 5.37. The van der Waals surface area contributed by atoms with E-state index in [1.54, 1.807) is 18.2 Å². The van der Waals surface area contributed by atoms with Crippen LogP contribution in [0.5, 0.6) is 0 Å². The van der Waals surface area contributed by atoms with E-state index in [4.69, 9.17) is 9.47 Å². The summed E-state index contributed by atoms with van der Waals surface area (Å²) in [5, 5.41) is 2.66. The second-order valence-electron chi connectivity index (χ2n) is 2.96. The molecule has 1 aromatic heterocycles. The van der Waals surface area contributed by atoms with Gasteiger partial charge in [-0.1, -0.05) is 6.07 Å². The van der Waals surface area contributed by atoms with Gasteiger partial charge in [-0.05, 0) is 28.1 Å². The van der Waals surface area contributed by atoms with E-state index in [1.807, 2.05) is 0 Å². The van der Waals surface area contributed by atoms with E-state index < -0.39 is 6.29 Å². The molecule has 0 saturated carbocycles. The number of methoxy groups -OCH3 is 2. The Balaban J connectivity index is 2.52. The number of aromatic nitrogens is 1. The summed E-state index contributed by atoms with van der Waals surface area (Å²) in [6.45, 7) is 0.278. The standard InChI is InChI=1S/C10H13BrN2O3/c1-15-9(16-2)6-12-10(14)7-4-3-5-8(11)13-7/h3-5,9H,6H2,1-2H3,(H,12,14). The molecular weight excluding hydrogens is 276 g/mol. The number of rotatable bonds is 5. The summed E-state index contributed by atoms with van der Waals surface area (Å²) in [4.78, 5) is 15.7. The number of carbonyl (C=O) groups is 1. The van der Waals surface area contributed by atoms with Crippen LogP contribution in [0.4, 0.5) is 0 Å². The van der Waals surface area contributed by atoms with Crippen molar-refractivity contribution < 1.29 is 14.3 Å². The van der Waals surface area contributed by atoms with Gasteiger partial charge in [0, 0.05) is 14.2 Å². The number of nitrogens with zero attached hydrogens (tertiary/aromatic N) is 1. The van der Waals surface area contributed by atoms with Gasteiger partial charge in [-0.2, -0.15) is 0 Å². The van der Waals surface area contributed by atoms with Crippen LogP contribution in [-0.4, -0.2) is 37.9 Å². The molecule has 0 saturated heterocycles. The Morgan fingerprint density at radius 1 is 1.50 bits per heavy atom. The zero-order chi connectivity index (χ0) is 12.0. The zero-order valence-corrected chi connectivity index (χ0v) is 10.7. The molecule has 1 N–H and O–H groups in total. The summed E-state index contributed by atoms with van der Waals surface area (Å²) < 4.78 is 10.5. The molecule has 0 bridgehead atoms. The van der Waals surface area contributed by atoms with Crippen LogP contribution in [0, 0.1) is 0 Å². The van der Waals surface area contributed by atoms with Gasteiger partial charge in [0.1, 0.15) is 10.3 Å². The number of hydrogen-bond donors (Lipinski definition) is 1. The molecule has 0 aliphatic rings. The van der Waals surface area contributed by atoms with Crippen LogP contribution in [0.25, 0.3) is 0 Å². The third-order valence-corrected chi connectivity index (χ3v) is 2.34. The molecule has 0 radical (unpaired) electrons. The van der Waals surface area contributed by atoms with Crippen molar-refractivity contribution in [3.63, 3.8) is 0 Å². The van der Waals surface area contributed by atoms with E-state index in [-0.39, 0.29) is 12.5 Å². The van der Waals surface area contributed by atoms with E-state index in [0.717, 1.165) is 0 Å². The van der Waals surface area contributed by atoms with Crippen LogP contribution in [0.2, 0.25) is 0 Å². The highest BCUT2D eigenvalue weighted by molar-refractivity contribution is 9.10. The van der Waals surface area contributed by atoms with E-state index in [2.05, 4.69) is 26.2 Å². The lowest BCUT2D eigenvalue weighted by Crippen LogP contribution is -2.34. The Labute approximate surface area is 102 Å². The zero-order valence-electron chi connectivity index (χ0n) is 9.07. The molecule has 1 heterocycles. The molecule has 88 valence electrons. The SMILES string of the molecule is COC(CNC(=O)c1cccc(Br)n1)OC. The maximum atomic E-state index is 11.6. The van der Waals surface area contributed by atoms with Gasteiger partial charge in [0.15, 0.2) is 6.29 Å². The number of carbonyl (C=O) groups excluding carboxylic acids is 1. The average molecular weight is 289 g/mol. The van der Waals surface area contributed by atoms with Gasteiger partial charge < -0.3 is 14.8 Å². The first kappa shape index (κ1) is 13.1. The molecule has 0 aliphatic heterocycles. The maximum Gasteiger partial charge on any atom is 0.270 e. The van der Waals surface area contributed by atoms with Crippen molar-refractivity contribution in [2.75, 3.05) is 20.8 Å². The summed E-state index contributed by atoms with van der Waals surface area (Å²) in [7, 11) is 3.02. The maximum absolute atomic E-state index is 11.6. The number of ether oxygens (including phenoxy) is 2. The van der Waals surface area contributed by atoms with Gasteiger partial charge in [0.2, 0.25) is 0 Å². The summed E-state index contributed by atoms with van der Waals surface area (Å²) in [6.07, 6.45) is -0.448. The number of amides is 1. The Morgan fingerprint density at radius 2 is 2.19 bits per heavy atom. The van der Waals surface area contributed by atoms with Crippen LogP contribution in [0.15, 0.2) is 22.8 Å². The molecule has 0 atom stereocenters. The molecule has 1 aromatic rings. The quantitative estimate of drug-likeness (QED) is 0.653. The number of nitrogens with one attached hydrogen (secondary N) is 1. The lowest BCUT2D eigenvalue weighted by Gasteiger charge is -2.13. The summed E-state index contributed by atoms with van der Waals surface area (Å²) in [6, 6.07) is 5.13. The van der Waals surface area contributed by atoms with Crippen LogP contribution in [0.1, 0.15) is 10.5 Å². The molecule has 5 nitrogen and oxygen atoms in total. The third-order valence-electron chi connectivity index (χ3n) is 1.90. The lowest BCUT2D eigenvalue weighted by molar-refractivity contribution is -0.0974. The molecule has 6 heteroatoms. The molecular formula is C10H13BrN2O3. The fourth-order valence-corrected chi connectivity index (χ4v) is 1.41. The van der Waals surface area contributed by atoms with E-state index >= 15 is 0 Å². The van der Waals surface area contributed by atoms with Crippen LogP contribution >= 0.6 is 15.9 Å². The van der Waals surface area contributed by atoms with Crippen LogP contribution in [-0.2, 0) is 9.47 Å². The Morgan fingerprint density at radius 3 is 2.75 bits per heavy atom. The minimum absolute atomic E-state index is 0.264. The normalized spacial score (nSPS) is 10.5. The molecule has 0 aromatic carbocycles. The predicted molar refractivity (Wildman–Crippen MR) is 62.1 cm³/mol. The van der Waals surface area contributed by atoms with Crippen LogP contribution in [0.3, 0.4) is 0 Å². The first-order chi connectivity index (χ1) is 7.67. The van der Waals surface area contributed by atoms with Crippen molar-refractivity contribution in [1.29, 1.82) is 0 Å². The summed E-state index contributed by atoms with van der Waals surface area (Å²) in [5.41, 5.74) is 0.348. The molecule has 0 aliphatic carbocycles.